The van der Waals surface area contributed by atoms with E-state index in [4.69, 9.17) is 0 Å². The van der Waals surface area contributed by atoms with Crippen molar-refractivity contribution < 1.29 is 31.2 Å². The van der Waals surface area contributed by atoms with Gasteiger partial charge < -0.3 is 5.32 Å². The van der Waals surface area contributed by atoms with Crippen molar-refractivity contribution in [1.82, 2.24) is 4.98 Å². The third kappa shape index (κ3) is 5.29. The number of ketones is 1. The van der Waals surface area contributed by atoms with E-state index in [0.717, 1.165) is 41.7 Å². The van der Waals surface area contributed by atoms with E-state index in [0.29, 0.717) is 5.69 Å². The smallest absolute Gasteiger partial charge is 0.326 e. The first-order valence-electron chi connectivity index (χ1n) is 8.94. The number of hydrogen-bond acceptors (Lipinski definition) is 6. The van der Waals surface area contributed by atoms with Crippen LogP contribution < -0.4 is 5.32 Å². The number of amides is 1. The molecule has 11 heteroatoms. The fourth-order valence-electron chi connectivity index (χ4n) is 2.67. The third-order valence-corrected chi connectivity index (χ3v) is 6.71. The number of benzene rings is 2. The lowest BCUT2D eigenvalue weighted by Crippen LogP contribution is -2.14. The zero-order chi connectivity index (χ0) is 23.5. The molecule has 0 atom stereocenters. The van der Waals surface area contributed by atoms with E-state index in [2.05, 4.69) is 10.3 Å². The van der Waals surface area contributed by atoms with Crippen LogP contribution in [0.3, 0.4) is 0 Å². The minimum Gasteiger partial charge on any atom is -0.326 e. The Morgan fingerprint density at radius 2 is 1.66 bits per heavy atom. The zero-order valence-electron chi connectivity index (χ0n) is 16.4. The molecule has 166 valence electrons. The first-order chi connectivity index (χ1) is 15.0. The summed E-state index contributed by atoms with van der Waals surface area (Å²) in [6.07, 6.45) is -2.20. The van der Waals surface area contributed by atoms with Crippen LogP contribution in [-0.4, -0.2) is 25.1 Å². The number of hydrogen-bond donors (Lipinski definition) is 1. The number of alkyl halides is 3. The molecule has 0 aliphatic heterocycles. The standard InChI is InChI=1S/C21H15F3N2O4S2/c1-13(27)26-16-6-8-17(9-7-16)32(29,30)18(19(28)20-25-10-11-31-20)12-14-2-4-15(5-3-14)21(22,23)24/h2-12H,1H3,(H,26,27)/b18-12-. The largest absolute Gasteiger partial charge is 0.416 e. The molecule has 1 aromatic heterocycles. The Balaban J connectivity index is 2.07. The second-order valence-electron chi connectivity index (χ2n) is 6.50. The Kier molecular flexibility index (Phi) is 6.60. The molecule has 6 nitrogen and oxygen atoms in total. The van der Waals surface area contributed by atoms with Crippen LogP contribution in [-0.2, 0) is 20.8 Å². The summed E-state index contributed by atoms with van der Waals surface area (Å²) in [7, 11) is -4.36. The lowest BCUT2D eigenvalue weighted by molar-refractivity contribution is -0.137. The molecule has 0 radical (unpaired) electrons. The molecular weight excluding hydrogens is 465 g/mol. The number of halogens is 3. The van der Waals surface area contributed by atoms with E-state index < -0.39 is 32.3 Å². The molecule has 0 saturated heterocycles. The highest BCUT2D eigenvalue weighted by Crippen LogP contribution is 2.31. The highest BCUT2D eigenvalue weighted by molar-refractivity contribution is 7.96. The van der Waals surface area contributed by atoms with Crippen molar-refractivity contribution in [3.63, 3.8) is 0 Å². The highest BCUT2D eigenvalue weighted by Gasteiger charge is 2.31. The van der Waals surface area contributed by atoms with E-state index in [1.54, 1.807) is 0 Å². The van der Waals surface area contributed by atoms with Gasteiger partial charge >= 0.3 is 6.18 Å². The molecule has 0 bridgehead atoms. The number of sulfone groups is 1. The SMILES string of the molecule is CC(=O)Nc1ccc(S(=O)(=O)/C(=C\c2ccc(C(F)(F)F)cc2)C(=O)c2nccs2)cc1. The predicted octanol–water partition coefficient (Wildman–Crippen LogP) is 4.82. The van der Waals surface area contributed by atoms with Gasteiger partial charge in [-0.3, -0.25) is 9.59 Å². The number of nitrogens with one attached hydrogen (secondary N) is 1. The lowest BCUT2D eigenvalue weighted by Gasteiger charge is -2.10. The molecule has 3 aromatic rings. The minimum absolute atomic E-state index is 0.0818. The summed E-state index contributed by atoms with van der Waals surface area (Å²) >= 11 is 0.934. The van der Waals surface area contributed by atoms with Gasteiger partial charge in [-0.2, -0.15) is 13.2 Å². The Morgan fingerprint density at radius 3 is 2.16 bits per heavy atom. The number of anilines is 1. The molecule has 1 N–H and O–H groups in total. The highest BCUT2D eigenvalue weighted by atomic mass is 32.2. The first kappa shape index (κ1) is 23.4. The van der Waals surface area contributed by atoms with Crippen molar-refractivity contribution in [3.8, 4) is 0 Å². The number of carbonyl (C=O) groups excluding carboxylic acids is 2. The predicted molar refractivity (Wildman–Crippen MR) is 114 cm³/mol. The number of nitrogens with zero attached hydrogens (tertiary/aromatic N) is 1. The second-order valence-corrected chi connectivity index (χ2v) is 9.32. The van der Waals surface area contributed by atoms with Crippen LogP contribution in [0.15, 0.2) is 69.9 Å². The van der Waals surface area contributed by atoms with Crippen LogP contribution in [0.25, 0.3) is 6.08 Å². The van der Waals surface area contributed by atoms with E-state index in [9.17, 15) is 31.2 Å². The molecule has 0 aliphatic carbocycles. The number of aromatic nitrogens is 1. The number of allylic oxidation sites excluding steroid dienone is 1. The molecular formula is C21H15F3N2O4S2. The molecule has 2 aromatic carbocycles. The van der Waals surface area contributed by atoms with Crippen molar-refractivity contribution >= 4 is 44.6 Å². The van der Waals surface area contributed by atoms with Gasteiger partial charge in [-0.1, -0.05) is 12.1 Å². The molecule has 0 fully saturated rings. The summed E-state index contributed by atoms with van der Waals surface area (Å²) in [6.45, 7) is 1.29. The number of rotatable bonds is 6. The van der Waals surface area contributed by atoms with Crippen molar-refractivity contribution in [3.05, 3.63) is 81.1 Å². The fourth-order valence-corrected chi connectivity index (χ4v) is 4.71. The average molecular weight is 480 g/mol. The lowest BCUT2D eigenvalue weighted by atomic mass is 10.1. The monoisotopic (exact) mass is 480 g/mol. The summed E-state index contributed by atoms with van der Waals surface area (Å²) < 4.78 is 65.0. The van der Waals surface area contributed by atoms with E-state index in [1.807, 2.05) is 0 Å². The summed E-state index contributed by atoms with van der Waals surface area (Å²) in [5.41, 5.74) is -0.453. The van der Waals surface area contributed by atoms with Gasteiger partial charge in [0.05, 0.1) is 10.5 Å². The van der Waals surface area contributed by atoms with Crippen LogP contribution >= 0.6 is 11.3 Å². The Morgan fingerprint density at radius 1 is 1.03 bits per heavy atom. The van der Waals surface area contributed by atoms with Gasteiger partial charge in [-0.25, -0.2) is 13.4 Å². The van der Waals surface area contributed by atoms with Gasteiger partial charge in [0.15, 0.2) is 5.01 Å². The number of carbonyl (C=O) groups is 2. The molecule has 0 unspecified atom stereocenters. The van der Waals surface area contributed by atoms with Crippen LogP contribution in [0.4, 0.5) is 18.9 Å². The van der Waals surface area contributed by atoms with Crippen molar-refractivity contribution in [2.45, 2.75) is 18.0 Å². The number of Topliss-reactive ketones (excluding diaryl/α,β-unsaturated/α-hetero) is 1. The van der Waals surface area contributed by atoms with Crippen molar-refractivity contribution in [2.75, 3.05) is 5.32 Å². The van der Waals surface area contributed by atoms with Gasteiger partial charge in [0, 0.05) is 24.2 Å². The maximum Gasteiger partial charge on any atom is 0.416 e. The maximum atomic E-state index is 13.3. The summed E-state index contributed by atoms with van der Waals surface area (Å²) in [5.74, 6) is -1.23. The number of thiazole rings is 1. The Bertz CT molecular complexity index is 1260. The van der Waals surface area contributed by atoms with Gasteiger partial charge in [0.1, 0.15) is 4.91 Å². The molecule has 3 rings (SSSR count). The second kappa shape index (κ2) is 9.05. The summed E-state index contributed by atoms with van der Waals surface area (Å²) in [6, 6.07) is 8.90. The molecule has 1 amide bonds. The molecule has 0 saturated carbocycles. The van der Waals surface area contributed by atoms with Crippen LogP contribution in [0.1, 0.15) is 27.9 Å². The van der Waals surface area contributed by atoms with Gasteiger partial charge in [-0.05, 0) is 48.0 Å². The normalized spacial score (nSPS) is 12.4. The summed E-state index contributed by atoms with van der Waals surface area (Å²) in [4.78, 5) is 27.1. The van der Waals surface area contributed by atoms with Crippen molar-refractivity contribution in [2.24, 2.45) is 0 Å². The third-order valence-electron chi connectivity index (χ3n) is 4.16. The van der Waals surface area contributed by atoms with Crippen LogP contribution in [0.5, 0.6) is 0 Å². The average Bonchev–Trinajstić information content (AvgIpc) is 3.26. The Hall–Kier alpha value is -3.31. The molecule has 0 aliphatic rings. The van der Waals surface area contributed by atoms with Crippen LogP contribution in [0, 0.1) is 0 Å². The Labute approximate surface area is 185 Å². The zero-order valence-corrected chi connectivity index (χ0v) is 18.0. The van der Waals surface area contributed by atoms with E-state index >= 15 is 0 Å². The maximum absolute atomic E-state index is 13.3. The van der Waals surface area contributed by atoms with Crippen LogP contribution in [0.2, 0.25) is 0 Å². The van der Waals surface area contributed by atoms with E-state index in [-0.39, 0.29) is 21.4 Å². The van der Waals surface area contributed by atoms with Gasteiger partial charge in [-0.15, -0.1) is 11.3 Å². The first-order valence-corrected chi connectivity index (χ1v) is 11.3. The van der Waals surface area contributed by atoms with Crippen molar-refractivity contribution in [1.29, 1.82) is 0 Å². The summed E-state index contributed by atoms with van der Waals surface area (Å²) in [5, 5.41) is 3.92. The fraction of sp³-hybridized carbons (Fsp3) is 0.0952. The minimum atomic E-state index is -4.55. The topological polar surface area (TPSA) is 93.2 Å². The van der Waals surface area contributed by atoms with Gasteiger partial charge in [0.25, 0.3) is 0 Å². The van der Waals surface area contributed by atoms with E-state index in [1.165, 1.54) is 42.8 Å². The van der Waals surface area contributed by atoms with Gasteiger partial charge in [0.2, 0.25) is 21.5 Å². The molecule has 0 spiro atoms. The molecule has 1 heterocycles. The quantitative estimate of drug-likeness (QED) is 0.403. The molecule has 32 heavy (non-hydrogen) atoms.